The zero-order chi connectivity index (χ0) is 13.0. The molecule has 0 amide bonds. The number of ether oxygens (including phenoxy) is 2. The number of carbonyl (C=O) groups is 1. The molecular weight excluding hydrogens is 232 g/mol. The van der Waals surface area contributed by atoms with Gasteiger partial charge in [-0.1, -0.05) is 12.1 Å². The summed E-state index contributed by atoms with van der Waals surface area (Å²) < 4.78 is 10.2. The lowest BCUT2D eigenvalue weighted by molar-refractivity contribution is -0.153. The molecule has 0 aliphatic carbocycles. The molecule has 1 atom stereocenters. The Hall–Kier alpha value is -1.55. The summed E-state index contributed by atoms with van der Waals surface area (Å²) in [6, 6.07) is 6.01. The minimum Gasteiger partial charge on any atom is -0.493 e. The van der Waals surface area contributed by atoms with Crippen LogP contribution in [0.4, 0.5) is 0 Å². The molecular formula is C14H18O4. The Kier molecular flexibility index (Phi) is 4.20. The van der Waals surface area contributed by atoms with Crippen LogP contribution >= 0.6 is 0 Å². The first-order valence-corrected chi connectivity index (χ1v) is 6.30. The van der Waals surface area contributed by atoms with Crippen LogP contribution in [-0.2, 0) is 22.4 Å². The molecule has 1 unspecified atom stereocenters. The molecule has 4 heteroatoms. The van der Waals surface area contributed by atoms with Crippen LogP contribution in [0.2, 0.25) is 0 Å². The molecule has 98 valence electrons. The van der Waals surface area contributed by atoms with Crippen molar-refractivity contribution in [1.82, 2.24) is 0 Å². The number of rotatable bonds is 5. The lowest BCUT2D eigenvalue weighted by atomic mass is 10.0. The second kappa shape index (κ2) is 5.87. The number of fused-ring (bicyclic) bond motifs is 1. The number of aliphatic hydroxyl groups excluding tert-OH is 1. The van der Waals surface area contributed by atoms with E-state index in [1.165, 1.54) is 5.56 Å². The molecule has 18 heavy (non-hydrogen) atoms. The number of hydrogen-bond donors (Lipinski definition) is 1. The molecule has 1 N–H and O–H groups in total. The van der Waals surface area contributed by atoms with Crippen molar-refractivity contribution in [2.24, 2.45) is 0 Å². The first kappa shape index (κ1) is 12.9. The van der Waals surface area contributed by atoms with Crippen LogP contribution < -0.4 is 4.74 Å². The monoisotopic (exact) mass is 250 g/mol. The van der Waals surface area contributed by atoms with E-state index < -0.39 is 12.1 Å². The molecule has 0 radical (unpaired) electrons. The lowest BCUT2D eigenvalue weighted by Gasteiger charge is -2.09. The number of esters is 1. The van der Waals surface area contributed by atoms with Gasteiger partial charge in [0.15, 0.2) is 6.10 Å². The minimum absolute atomic E-state index is 0.298. The molecule has 0 spiro atoms. The number of carbonyl (C=O) groups excluding carboxylic acids is 1. The van der Waals surface area contributed by atoms with Crippen LogP contribution in [-0.4, -0.2) is 30.4 Å². The van der Waals surface area contributed by atoms with E-state index in [1.54, 1.807) is 6.92 Å². The third-order valence-electron chi connectivity index (χ3n) is 3.02. The topological polar surface area (TPSA) is 55.8 Å². The highest BCUT2D eigenvalue weighted by molar-refractivity contribution is 5.74. The summed E-state index contributed by atoms with van der Waals surface area (Å²) in [6.45, 7) is 2.77. The highest BCUT2D eigenvalue weighted by atomic mass is 16.5. The molecule has 0 aromatic heterocycles. The quantitative estimate of drug-likeness (QED) is 0.804. The van der Waals surface area contributed by atoms with Gasteiger partial charge in [0.2, 0.25) is 0 Å². The summed E-state index contributed by atoms with van der Waals surface area (Å²) >= 11 is 0. The molecule has 0 saturated heterocycles. The highest BCUT2D eigenvalue weighted by Crippen LogP contribution is 2.26. The fraction of sp³-hybridized carbons (Fsp3) is 0.500. The summed E-state index contributed by atoms with van der Waals surface area (Å²) in [6.07, 6.45) is 0.949. The van der Waals surface area contributed by atoms with Crippen molar-refractivity contribution in [3.8, 4) is 5.75 Å². The van der Waals surface area contributed by atoms with Crippen LogP contribution in [0.5, 0.6) is 5.75 Å². The van der Waals surface area contributed by atoms with E-state index in [0.29, 0.717) is 19.4 Å². The second-order valence-corrected chi connectivity index (χ2v) is 4.35. The van der Waals surface area contributed by atoms with Crippen LogP contribution in [0, 0.1) is 0 Å². The van der Waals surface area contributed by atoms with Crippen molar-refractivity contribution in [3.63, 3.8) is 0 Å². The van der Waals surface area contributed by atoms with E-state index in [2.05, 4.69) is 6.07 Å². The van der Waals surface area contributed by atoms with Gasteiger partial charge in [-0.15, -0.1) is 0 Å². The molecule has 4 nitrogen and oxygen atoms in total. The number of aliphatic hydroxyl groups is 1. The maximum atomic E-state index is 11.3. The predicted molar refractivity (Wildman–Crippen MR) is 66.6 cm³/mol. The van der Waals surface area contributed by atoms with Gasteiger partial charge in [0.05, 0.1) is 13.2 Å². The first-order chi connectivity index (χ1) is 8.70. The van der Waals surface area contributed by atoms with Crippen molar-refractivity contribution in [2.45, 2.75) is 32.3 Å². The predicted octanol–water partition coefficient (Wildman–Crippen LogP) is 1.48. The normalized spacial score (nSPS) is 14.8. The van der Waals surface area contributed by atoms with Crippen molar-refractivity contribution in [1.29, 1.82) is 0 Å². The summed E-state index contributed by atoms with van der Waals surface area (Å²) in [4.78, 5) is 11.3. The maximum Gasteiger partial charge on any atom is 0.334 e. The van der Waals surface area contributed by atoms with Crippen LogP contribution in [0.1, 0.15) is 24.5 Å². The molecule has 1 aliphatic heterocycles. The van der Waals surface area contributed by atoms with Crippen LogP contribution in [0.3, 0.4) is 0 Å². The van der Waals surface area contributed by atoms with Crippen molar-refractivity contribution >= 4 is 5.97 Å². The van der Waals surface area contributed by atoms with Crippen molar-refractivity contribution < 1.29 is 19.4 Å². The van der Waals surface area contributed by atoms with E-state index in [-0.39, 0.29) is 0 Å². The lowest BCUT2D eigenvalue weighted by Crippen LogP contribution is -2.23. The van der Waals surface area contributed by atoms with E-state index in [4.69, 9.17) is 9.47 Å². The van der Waals surface area contributed by atoms with Gasteiger partial charge in [0, 0.05) is 6.42 Å². The number of benzene rings is 1. The van der Waals surface area contributed by atoms with Gasteiger partial charge >= 0.3 is 5.97 Å². The van der Waals surface area contributed by atoms with Crippen LogP contribution in [0.25, 0.3) is 0 Å². The van der Waals surface area contributed by atoms with Crippen molar-refractivity contribution in [2.75, 3.05) is 13.2 Å². The highest BCUT2D eigenvalue weighted by Gasteiger charge is 2.17. The van der Waals surface area contributed by atoms with Crippen LogP contribution in [0.15, 0.2) is 18.2 Å². The summed E-state index contributed by atoms with van der Waals surface area (Å²) in [7, 11) is 0. The maximum absolute atomic E-state index is 11.3. The average Bonchev–Trinajstić information content (AvgIpc) is 2.83. The molecule has 1 aromatic carbocycles. The van der Waals surface area contributed by atoms with E-state index >= 15 is 0 Å². The second-order valence-electron chi connectivity index (χ2n) is 4.35. The molecule has 1 aliphatic rings. The van der Waals surface area contributed by atoms with Gasteiger partial charge in [-0.05, 0) is 37.0 Å². The van der Waals surface area contributed by atoms with Crippen molar-refractivity contribution in [3.05, 3.63) is 29.3 Å². The summed E-state index contributed by atoms with van der Waals surface area (Å²) in [5, 5.41) is 9.60. The SMILES string of the molecule is CCOC(=O)C(O)CCc1ccc2c(c1)CCO2. The Balaban J connectivity index is 1.88. The molecule has 0 bridgehead atoms. The Labute approximate surface area is 107 Å². The molecule has 0 fully saturated rings. The van der Waals surface area contributed by atoms with Gasteiger partial charge in [0.1, 0.15) is 5.75 Å². The number of aryl methyl sites for hydroxylation is 1. The van der Waals surface area contributed by atoms with Gasteiger partial charge < -0.3 is 14.6 Å². The Morgan fingerprint density at radius 2 is 2.39 bits per heavy atom. The van der Waals surface area contributed by atoms with E-state index in [1.807, 2.05) is 12.1 Å². The average molecular weight is 250 g/mol. The van der Waals surface area contributed by atoms with Gasteiger partial charge in [-0.25, -0.2) is 4.79 Å². The summed E-state index contributed by atoms with van der Waals surface area (Å²) in [5.74, 6) is 0.409. The standard InChI is InChI=1S/C14H18O4/c1-2-17-14(16)12(15)5-3-10-4-6-13-11(9-10)7-8-18-13/h4,6,9,12,15H,2-3,5,7-8H2,1H3. The minimum atomic E-state index is -1.03. The Morgan fingerprint density at radius 3 is 3.17 bits per heavy atom. The zero-order valence-corrected chi connectivity index (χ0v) is 10.5. The molecule has 1 heterocycles. The molecule has 2 rings (SSSR count). The van der Waals surface area contributed by atoms with Gasteiger partial charge in [-0.2, -0.15) is 0 Å². The fourth-order valence-corrected chi connectivity index (χ4v) is 2.06. The third-order valence-corrected chi connectivity index (χ3v) is 3.02. The molecule has 1 aromatic rings. The molecule has 0 saturated carbocycles. The Morgan fingerprint density at radius 1 is 1.56 bits per heavy atom. The van der Waals surface area contributed by atoms with Gasteiger partial charge in [-0.3, -0.25) is 0 Å². The summed E-state index contributed by atoms with van der Waals surface area (Å²) in [5.41, 5.74) is 2.32. The first-order valence-electron chi connectivity index (χ1n) is 6.30. The largest absolute Gasteiger partial charge is 0.493 e. The number of hydrogen-bond acceptors (Lipinski definition) is 4. The Bertz CT molecular complexity index is 428. The van der Waals surface area contributed by atoms with E-state index in [0.717, 1.165) is 24.3 Å². The third kappa shape index (κ3) is 3.01. The van der Waals surface area contributed by atoms with E-state index in [9.17, 15) is 9.90 Å². The van der Waals surface area contributed by atoms with Gasteiger partial charge in [0.25, 0.3) is 0 Å². The fourth-order valence-electron chi connectivity index (χ4n) is 2.06. The smallest absolute Gasteiger partial charge is 0.334 e. The zero-order valence-electron chi connectivity index (χ0n) is 10.5.